The highest BCUT2D eigenvalue weighted by molar-refractivity contribution is 5.86. The minimum atomic E-state index is -0.439. The Bertz CT molecular complexity index is 2100. The molecule has 7 aromatic rings. The summed E-state index contributed by atoms with van der Waals surface area (Å²) in [4.78, 5) is 4.16. The van der Waals surface area contributed by atoms with Gasteiger partial charge in [0, 0.05) is 18.0 Å². The van der Waals surface area contributed by atoms with Crippen LogP contribution in [0.1, 0.15) is 41.7 Å². The summed E-state index contributed by atoms with van der Waals surface area (Å²) in [5.41, 5.74) is 12.7. The molecule has 0 bridgehead atoms. The number of benzene rings is 5. The summed E-state index contributed by atoms with van der Waals surface area (Å²) < 4.78 is 5.98. The Morgan fingerprint density at radius 3 is 1.85 bits per heavy atom. The fourth-order valence-corrected chi connectivity index (χ4v) is 7.07. The second-order valence-electron chi connectivity index (χ2n) is 12.4. The van der Waals surface area contributed by atoms with E-state index in [0.717, 1.165) is 28.7 Å². The van der Waals surface area contributed by atoms with Crippen LogP contribution in [0.3, 0.4) is 0 Å². The highest BCUT2D eigenvalue weighted by Crippen LogP contribution is 2.56. The minimum absolute atomic E-state index is 0.439. The van der Waals surface area contributed by atoms with Crippen LogP contribution in [0.2, 0.25) is 0 Å². The van der Waals surface area contributed by atoms with E-state index in [1.54, 1.807) is 12.4 Å². The van der Waals surface area contributed by atoms with Crippen molar-refractivity contribution in [1.82, 2.24) is 15.2 Å². The first kappa shape index (κ1) is 27.9. The Balaban J connectivity index is 1.23. The third-order valence-electron chi connectivity index (χ3n) is 9.08. The summed E-state index contributed by atoms with van der Waals surface area (Å²) in [7, 11) is 0. The normalized spacial score (nSPS) is 13.0. The fourth-order valence-electron chi connectivity index (χ4n) is 7.07. The number of pyridine rings is 1. The van der Waals surface area contributed by atoms with Crippen molar-refractivity contribution in [3.8, 4) is 45.2 Å². The maximum absolute atomic E-state index is 5.98. The van der Waals surface area contributed by atoms with Gasteiger partial charge >= 0.3 is 0 Å². The lowest BCUT2D eigenvalue weighted by molar-refractivity contribution is 0.584. The molecule has 0 saturated carbocycles. The Kier molecular flexibility index (Phi) is 6.91. The van der Waals surface area contributed by atoms with Gasteiger partial charge in [-0.2, -0.15) is 0 Å². The van der Waals surface area contributed by atoms with E-state index in [0.29, 0.717) is 17.7 Å². The maximum Gasteiger partial charge on any atom is 0.249 e. The van der Waals surface area contributed by atoms with Crippen LogP contribution in [0.5, 0.6) is 0 Å². The third kappa shape index (κ3) is 4.65. The van der Waals surface area contributed by atoms with Crippen LogP contribution in [-0.4, -0.2) is 15.2 Å². The summed E-state index contributed by atoms with van der Waals surface area (Å²) in [5.74, 6) is 1.55. The quantitative estimate of drug-likeness (QED) is 0.184. The van der Waals surface area contributed by atoms with Gasteiger partial charge in [0.05, 0.1) is 11.0 Å². The van der Waals surface area contributed by atoms with Crippen LogP contribution in [-0.2, 0) is 11.8 Å². The van der Waals surface area contributed by atoms with Crippen molar-refractivity contribution in [2.75, 3.05) is 0 Å². The zero-order valence-corrected chi connectivity index (χ0v) is 25.9. The molecule has 0 N–H and O–H groups in total. The SMILES string of the molecule is CC(C)Cc1ccc(C2(c3cccc(-c4ccc(-c5nnc(-c6cccnc6)o5)cc4)c3)c3ccccc3-c3ccccc32)cc1. The lowest BCUT2D eigenvalue weighted by Crippen LogP contribution is -2.28. The average Bonchev–Trinajstić information content (AvgIpc) is 3.72. The lowest BCUT2D eigenvalue weighted by atomic mass is 9.67. The molecule has 0 fully saturated rings. The van der Waals surface area contributed by atoms with Crippen molar-refractivity contribution in [3.63, 3.8) is 0 Å². The van der Waals surface area contributed by atoms with Gasteiger partial charge in [-0.25, -0.2) is 0 Å². The average molecular weight is 596 g/mol. The van der Waals surface area contributed by atoms with E-state index < -0.39 is 5.41 Å². The Hall–Kier alpha value is -5.61. The molecule has 4 heteroatoms. The summed E-state index contributed by atoms with van der Waals surface area (Å²) in [6.07, 6.45) is 4.52. The molecule has 0 amide bonds. The van der Waals surface area contributed by atoms with Crippen LogP contribution < -0.4 is 0 Å². The number of aromatic nitrogens is 3. The number of nitrogens with zero attached hydrogens (tertiary/aromatic N) is 3. The summed E-state index contributed by atoms with van der Waals surface area (Å²) in [6.45, 7) is 4.55. The second kappa shape index (κ2) is 11.4. The smallest absolute Gasteiger partial charge is 0.249 e. The van der Waals surface area contributed by atoms with E-state index >= 15 is 0 Å². The molecular weight excluding hydrogens is 562 g/mol. The van der Waals surface area contributed by atoms with Gasteiger partial charge in [-0.3, -0.25) is 4.98 Å². The molecule has 1 aliphatic carbocycles. The standard InChI is InChI=1S/C42H33N3O/c1-28(2)25-29-16-22-34(23-17-29)42(38-14-5-3-12-36(38)37-13-4-6-15-39(37)42)35-11-7-9-32(26-35)30-18-20-31(21-19-30)40-44-45-41(46-40)33-10-8-24-43-27-33/h3-24,26-28H,25H2,1-2H3. The third-order valence-corrected chi connectivity index (χ3v) is 9.08. The second-order valence-corrected chi connectivity index (χ2v) is 12.4. The summed E-state index contributed by atoms with van der Waals surface area (Å²) in [6, 6.07) is 48.3. The van der Waals surface area contributed by atoms with Crippen molar-refractivity contribution in [2.45, 2.75) is 25.7 Å². The predicted molar refractivity (Wildman–Crippen MR) is 184 cm³/mol. The van der Waals surface area contributed by atoms with Crippen LogP contribution in [0.4, 0.5) is 0 Å². The van der Waals surface area contributed by atoms with Gasteiger partial charge in [-0.05, 0) is 92.7 Å². The molecule has 4 nitrogen and oxygen atoms in total. The molecule has 46 heavy (non-hydrogen) atoms. The largest absolute Gasteiger partial charge is 0.416 e. The monoisotopic (exact) mass is 595 g/mol. The maximum atomic E-state index is 5.98. The molecule has 0 aliphatic heterocycles. The lowest BCUT2D eigenvalue weighted by Gasteiger charge is -2.34. The zero-order chi connectivity index (χ0) is 31.1. The van der Waals surface area contributed by atoms with E-state index in [4.69, 9.17) is 4.42 Å². The molecule has 0 radical (unpaired) electrons. The van der Waals surface area contributed by atoms with Crippen molar-refractivity contribution >= 4 is 0 Å². The van der Waals surface area contributed by atoms with Crippen LogP contribution in [0.15, 0.2) is 150 Å². The van der Waals surface area contributed by atoms with E-state index in [-0.39, 0.29) is 0 Å². The first-order chi connectivity index (χ1) is 22.6. The van der Waals surface area contributed by atoms with Gasteiger partial charge in [0.2, 0.25) is 11.8 Å². The summed E-state index contributed by atoms with van der Waals surface area (Å²) in [5, 5.41) is 8.53. The molecule has 0 atom stereocenters. The number of rotatable bonds is 7. The van der Waals surface area contributed by atoms with E-state index in [1.807, 2.05) is 24.3 Å². The van der Waals surface area contributed by atoms with Crippen LogP contribution in [0.25, 0.3) is 45.2 Å². The Morgan fingerprint density at radius 2 is 1.20 bits per heavy atom. The van der Waals surface area contributed by atoms with Crippen molar-refractivity contribution < 1.29 is 4.42 Å². The van der Waals surface area contributed by atoms with Gasteiger partial charge in [0.1, 0.15) is 0 Å². The van der Waals surface area contributed by atoms with Gasteiger partial charge in [-0.15, -0.1) is 10.2 Å². The Morgan fingerprint density at radius 1 is 0.565 bits per heavy atom. The molecular formula is C42H33N3O. The highest BCUT2D eigenvalue weighted by Gasteiger charge is 2.45. The highest BCUT2D eigenvalue weighted by atomic mass is 16.4. The molecule has 0 unspecified atom stereocenters. The zero-order valence-electron chi connectivity index (χ0n) is 25.9. The molecule has 8 rings (SSSR count). The molecule has 0 spiro atoms. The van der Waals surface area contributed by atoms with Crippen molar-refractivity contribution in [3.05, 3.63) is 174 Å². The molecule has 222 valence electrons. The van der Waals surface area contributed by atoms with Crippen molar-refractivity contribution in [2.24, 2.45) is 5.92 Å². The van der Waals surface area contributed by atoms with Crippen LogP contribution >= 0.6 is 0 Å². The molecule has 2 aromatic heterocycles. The predicted octanol–water partition coefficient (Wildman–Crippen LogP) is 10.0. The van der Waals surface area contributed by atoms with Gasteiger partial charge in [-0.1, -0.05) is 117 Å². The van der Waals surface area contributed by atoms with Crippen molar-refractivity contribution in [1.29, 1.82) is 0 Å². The summed E-state index contributed by atoms with van der Waals surface area (Å²) >= 11 is 0. The molecule has 0 saturated heterocycles. The number of hydrogen-bond acceptors (Lipinski definition) is 4. The van der Waals surface area contributed by atoms with Gasteiger partial charge in [0.15, 0.2) is 0 Å². The molecule has 2 heterocycles. The van der Waals surface area contributed by atoms with E-state index in [2.05, 4.69) is 138 Å². The molecule has 1 aliphatic rings. The van der Waals surface area contributed by atoms with E-state index in [9.17, 15) is 0 Å². The topological polar surface area (TPSA) is 51.8 Å². The fraction of sp³-hybridized carbons (Fsp3) is 0.119. The van der Waals surface area contributed by atoms with Gasteiger partial charge < -0.3 is 4.42 Å². The van der Waals surface area contributed by atoms with Crippen LogP contribution in [0, 0.1) is 5.92 Å². The first-order valence-electron chi connectivity index (χ1n) is 15.9. The first-order valence-corrected chi connectivity index (χ1v) is 15.9. The minimum Gasteiger partial charge on any atom is -0.416 e. The Labute approximate surface area is 269 Å². The number of fused-ring (bicyclic) bond motifs is 3. The van der Waals surface area contributed by atoms with E-state index in [1.165, 1.54) is 38.9 Å². The molecule has 5 aromatic carbocycles. The number of hydrogen-bond donors (Lipinski definition) is 0. The van der Waals surface area contributed by atoms with Gasteiger partial charge in [0.25, 0.3) is 0 Å².